The summed E-state index contributed by atoms with van der Waals surface area (Å²) in [5.41, 5.74) is 1.51. The number of benzene rings is 2. The van der Waals surface area contributed by atoms with Crippen molar-refractivity contribution in [3.05, 3.63) is 80.5 Å². The van der Waals surface area contributed by atoms with Crippen molar-refractivity contribution in [2.75, 3.05) is 5.32 Å². The molecule has 1 aliphatic rings. The van der Waals surface area contributed by atoms with Crippen LogP contribution in [0.2, 0.25) is 5.02 Å². The van der Waals surface area contributed by atoms with Gasteiger partial charge in [-0.25, -0.2) is 4.79 Å². The summed E-state index contributed by atoms with van der Waals surface area (Å²) in [7, 11) is 0. The monoisotopic (exact) mass is 386 g/mol. The van der Waals surface area contributed by atoms with Gasteiger partial charge in [-0.05, 0) is 30.7 Å². The van der Waals surface area contributed by atoms with Gasteiger partial charge in [0, 0.05) is 28.5 Å². The minimum absolute atomic E-state index is 0.136. The summed E-state index contributed by atoms with van der Waals surface area (Å²) in [6.45, 7) is 1.62. The average molecular weight is 387 g/mol. The number of rotatable bonds is 4. The van der Waals surface area contributed by atoms with Gasteiger partial charge in [-0.2, -0.15) is 0 Å². The minimum Gasteiger partial charge on any atom is -0.327 e. The number of halogens is 1. The second-order valence-corrected chi connectivity index (χ2v) is 6.32. The van der Waals surface area contributed by atoms with Crippen LogP contribution in [0.4, 0.5) is 16.2 Å². The molecule has 3 N–H and O–H groups in total. The number of carbonyl (C=O) groups is 2. The van der Waals surface area contributed by atoms with Crippen molar-refractivity contribution in [2.45, 2.75) is 13.0 Å². The van der Waals surface area contributed by atoms with E-state index in [-0.39, 0.29) is 11.4 Å². The third-order valence-corrected chi connectivity index (χ3v) is 4.28. The number of allylic oxidation sites excluding steroid dienone is 1. The maximum absolute atomic E-state index is 12.9. The van der Waals surface area contributed by atoms with E-state index in [0.717, 1.165) is 0 Å². The Labute approximate surface area is 159 Å². The van der Waals surface area contributed by atoms with Crippen molar-refractivity contribution in [1.29, 1.82) is 0 Å². The van der Waals surface area contributed by atoms with Crippen LogP contribution in [0.25, 0.3) is 0 Å². The SMILES string of the molecule is CC1=C(C(=O)Nc2cccc([N+](=O)[O-])c2)[C@@H](c2ccc(Cl)cc2)NC(=O)N1. The first kappa shape index (κ1) is 18.4. The van der Waals surface area contributed by atoms with E-state index in [9.17, 15) is 19.7 Å². The Balaban J connectivity index is 1.93. The number of nitro groups is 1. The molecule has 0 fully saturated rings. The van der Waals surface area contributed by atoms with Crippen molar-refractivity contribution in [1.82, 2.24) is 10.6 Å². The second kappa shape index (κ2) is 7.46. The van der Waals surface area contributed by atoms with Gasteiger partial charge in [0.05, 0.1) is 16.5 Å². The van der Waals surface area contributed by atoms with Crippen LogP contribution in [0.1, 0.15) is 18.5 Å². The van der Waals surface area contributed by atoms with Crippen LogP contribution < -0.4 is 16.0 Å². The van der Waals surface area contributed by atoms with E-state index in [1.807, 2.05) is 0 Å². The molecule has 9 heteroatoms. The fourth-order valence-corrected chi connectivity index (χ4v) is 2.92. The molecule has 8 nitrogen and oxygen atoms in total. The molecule has 0 unspecified atom stereocenters. The Bertz CT molecular complexity index is 956. The Hall–Kier alpha value is -3.39. The molecule has 1 aliphatic heterocycles. The van der Waals surface area contributed by atoms with Gasteiger partial charge < -0.3 is 16.0 Å². The fourth-order valence-electron chi connectivity index (χ4n) is 2.80. The van der Waals surface area contributed by atoms with Crippen LogP contribution in [0, 0.1) is 10.1 Å². The van der Waals surface area contributed by atoms with Gasteiger partial charge in [-0.15, -0.1) is 0 Å². The lowest BCUT2D eigenvalue weighted by Gasteiger charge is -2.28. The lowest BCUT2D eigenvalue weighted by molar-refractivity contribution is -0.384. The van der Waals surface area contributed by atoms with Gasteiger partial charge in [0.2, 0.25) is 0 Å². The number of carbonyl (C=O) groups excluding carboxylic acids is 2. The number of urea groups is 1. The third-order valence-electron chi connectivity index (χ3n) is 4.03. The highest BCUT2D eigenvalue weighted by atomic mass is 35.5. The van der Waals surface area contributed by atoms with Crippen molar-refractivity contribution < 1.29 is 14.5 Å². The quantitative estimate of drug-likeness (QED) is 0.551. The zero-order valence-electron chi connectivity index (χ0n) is 14.2. The molecule has 2 aromatic rings. The maximum Gasteiger partial charge on any atom is 0.319 e. The highest BCUT2D eigenvalue weighted by Gasteiger charge is 2.31. The van der Waals surface area contributed by atoms with Gasteiger partial charge in [-0.3, -0.25) is 14.9 Å². The summed E-state index contributed by atoms with van der Waals surface area (Å²) in [4.78, 5) is 35.1. The zero-order chi connectivity index (χ0) is 19.6. The van der Waals surface area contributed by atoms with Crippen LogP contribution in [0.15, 0.2) is 59.8 Å². The zero-order valence-corrected chi connectivity index (χ0v) is 14.9. The summed E-state index contributed by atoms with van der Waals surface area (Å²) >= 11 is 5.91. The van der Waals surface area contributed by atoms with E-state index in [0.29, 0.717) is 21.9 Å². The minimum atomic E-state index is -0.685. The molecule has 0 bridgehead atoms. The summed E-state index contributed by atoms with van der Waals surface area (Å²) in [5.74, 6) is -0.486. The van der Waals surface area contributed by atoms with Gasteiger partial charge >= 0.3 is 6.03 Å². The Morgan fingerprint density at radius 3 is 2.59 bits per heavy atom. The molecule has 3 rings (SSSR count). The van der Waals surface area contributed by atoms with E-state index < -0.39 is 22.9 Å². The van der Waals surface area contributed by atoms with E-state index in [1.165, 1.54) is 18.2 Å². The molecule has 3 amide bonds. The summed E-state index contributed by atoms with van der Waals surface area (Å²) < 4.78 is 0. The number of hydrogen-bond donors (Lipinski definition) is 3. The van der Waals surface area contributed by atoms with Gasteiger partial charge in [0.25, 0.3) is 11.6 Å². The van der Waals surface area contributed by atoms with Crippen molar-refractivity contribution >= 4 is 34.9 Å². The normalized spacial score (nSPS) is 16.4. The third kappa shape index (κ3) is 4.06. The van der Waals surface area contributed by atoms with Crippen LogP contribution in [-0.2, 0) is 4.79 Å². The smallest absolute Gasteiger partial charge is 0.319 e. The highest BCUT2D eigenvalue weighted by molar-refractivity contribution is 6.30. The molecule has 0 saturated heterocycles. The number of nitro benzene ring substituents is 1. The van der Waals surface area contributed by atoms with Crippen molar-refractivity contribution in [3.63, 3.8) is 0 Å². The molecule has 1 atom stereocenters. The Morgan fingerprint density at radius 1 is 1.22 bits per heavy atom. The molecular formula is C18H15ClN4O4. The molecule has 0 spiro atoms. The summed E-state index contributed by atoms with van der Waals surface area (Å²) in [6.07, 6.45) is 0. The largest absolute Gasteiger partial charge is 0.327 e. The van der Waals surface area contributed by atoms with Gasteiger partial charge in [0.15, 0.2) is 0 Å². The molecular weight excluding hydrogens is 372 g/mol. The van der Waals surface area contributed by atoms with Crippen molar-refractivity contribution in [2.24, 2.45) is 0 Å². The number of non-ortho nitro benzene ring substituents is 1. The molecule has 0 aliphatic carbocycles. The number of nitrogens with one attached hydrogen (secondary N) is 3. The molecule has 0 saturated carbocycles. The number of nitrogens with zero attached hydrogens (tertiary/aromatic N) is 1. The molecule has 1 heterocycles. The number of hydrogen-bond acceptors (Lipinski definition) is 4. The Kier molecular flexibility index (Phi) is 5.09. The summed E-state index contributed by atoms with van der Waals surface area (Å²) in [5, 5.41) is 19.4. The molecule has 2 aromatic carbocycles. The van der Waals surface area contributed by atoms with E-state index >= 15 is 0 Å². The standard InChI is InChI=1S/C18H15ClN4O4/c1-10-15(17(24)21-13-3-2-4-14(9-13)23(26)27)16(22-18(25)20-10)11-5-7-12(19)8-6-11/h2-9,16H,1H3,(H,21,24)(H2,20,22,25)/t16-/m1/s1. The van der Waals surface area contributed by atoms with Gasteiger partial charge in [0.1, 0.15) is 0 Å². The highest BCUT2D eigenvalue weighted by Crippen LogP contribution is 2.29. The maximum atomic E-state index is 12.9. The van der Waals surface area contributed by atoms with Crippen LogP contribution in [-0.4, -0.2) is 16.9 Å². The first-order chi connectivity index (χ1) is 12.8. The van der Waals surface area contributed by atoms with Crippen molar-refractivity contribution in [3.8, 4) is 0 Å². The predicted molar refractivity (Wildman–Crippen MR) is 100 cm³/mol. The van der Waals surface area contributed by atoms with Crippen LogP contribution >= 0.6 is 11.6 Å². The van der Waals surface area contributed by atoms with Gasteiger partial charge in [-0.1, -0.05) is 29.8 Å². The first-order valence-electron chi connectivity index (χ1n) is 7.94. The second-order valence-electron chi connectivity index (χ2n) is 5.88. The van der Waals surface area contributed by atoms with E-state index in [1.54, 1.807) is 37.3 Å². The Morgan fingerprint density at radius 2 is 1.93 bits per heavy atom. The van der Waals surface area contributed by atoms with E-state index in [4.69, 9.17) is 11.6 Å². The van der Waals surface area contributed by atoms with Crippen LogP contribution in [0.5, 0.6) is 0 Å². The molecule has 0 radical (unpaired) electrons. The molecule has 27 heavy (non-hydrogen) atoms. The predicted octanol–water partition coefficient (Wildman–Crippen LogP) is 3.51. The molecule has 138 valence electrons. The van der Waals surface area contributed by atoms with E-state index in [2.05, 4.69) is 16.0 Å². The lowest BCUT2D eigenvalue weighted by atomic mass is 9.95. The lowest BCUT2D eigenvalue weighted by Crippen LogP contribution is -2.45. The number of amides is 3. The average Bonchev–Trinajstić information content (AvgIpc) is 2.61. The molecule has 0 aromatic heterocycles. The number of anilines is 1. The first-order valence-corrected chi connectivity index (χ1v) is 8.32. The summed E-state index contributed by atoms with van der Waals surface area (Å²) in [6, 6.07) is 11.3. The topological polar surface area (TPSA) is 113 Å². The fraction of sp³-hybridized carbons (Fsp3) is 0.111. The van der Waals surface area contributed by atoms with Crippen LogP contribution in [0.3, 0.4) is 0 Å².